The Morgan fingerprint density at radius 3 is 2.65 bits per heavy atom. The maximum absolute atomic E-state index is 13.1. The van der Waals surface area contributed by atoms with Gasteiger partial charge < -0.3 is 15.0 Å². The van der Waals surface area contributed by atoms with Gasteiger partial charge in [-0.15, -0.1) is 0 Å². The molecular formula is C23H21Br2N3O3. The number of carbonyl (C=O) groups is 2. The number of amides is 1. The molecule has 0 aliphatic carbocycles. The first-order valence-electron chi connectivity index (χ1n) is 9.85. The number of carbonyl (C=O) groups excluding carboxylic acids is 2. The Bertz CT molecular complexity index is 1170. The number of benzene rings is 2. The Morgan fingerprint density at radius 1 is 1.19 bits per heavy atom. The second-order valence-corrected chi connectivity index (χ2v) is 9.35. The van der Waals surface area contributed by atoms with Crippen LogP contribution in [0, 0.1) is 6.92 Å². The Morgan fingerprint density at radius 2 is 1.90 bits per heavy atom. The van der Waals surface area contributed by atoms with Gasteiger partial charge in [-0.3, -0.25) is 9.78 Å². The van der Waals surface area contributed by atoms with E-state index in [1.807, 2.05) is 50.4 Å². The molecular weight excluding hydrogens is 526 g/mol. The number of nitrogens with one attached hydrogen (secondary N) is 1. The number of nitrogens with zero attached hydrogens (tertiary/aromatic N) is 2. The summed E-state index contributed by atoms with van der Waals surface area (Å²) in [6.07, 6.45) is 0.771. The van der Waals surface area contributed by atoms with Gasteiger partial charge in [-0.1, -0.05) is 18.2 Å². The van der Waals surface area contributed by atoms with Crippen LogP contribution in [0.2, 0.25) is 0 Å². The lowest BCUT2D eigenvalue weighted by Gasteiger charge is -2.26. The van der Waals surface area contributed by atoms with E-state index in [2.05, 4.69) is 42.1 Å². The number of hydrogen-bond donors (Lipinski definition) is 1. The highest BCUT2D eigenvalue weighted by Gasteiger charge is 2.26. The number of aryl methyl sites for hydroxylation is 1. The predicted molar refractivity (Wildman–Crippen MR) is 127 cm³/mol. The van der Waals surface area contributed by atoms with E-state index in [0.29, 0.717) is 17.8 Å². The number of anilines is 1. The topological polar surface area (TPSA) is 71.5 Å². The maximum Gasteiger partial charge on any atom is 0.339 e. The fourth-order valence-corrected chi connectivity index (χ4v) is 5.37. The van der Waals surface area contributed by atoms with Crippen molar-refractivity contribution in [2.75, 3.05) is 25.5 Å². The molecule has 1 amide bonds. The number of likely N-dealkylation sites (N-methyl/N-ethyl adjacent to an activating group) is 1. The number of pyridine rings is 1. The van der Waals surface area contributed by atoms with Crippen molar-refractivity contribution in [2.24, 2.45) is 0 Å². The van der Waals surface area contributed by atoms with Crippen LogP contribution in [0.15, 0.2) is 45.3 Å². The summed E-state index contributed by atoms with van der Waals surface area (Å²) in [6.45, 7) is 3.08. The lowest BCUT2D eigenvalue weighted by molar-refractivity contribution is -0.119. The summed E-state index contributed by atoms with van der Waals surface area (Å²) < 4.78 is 6.94. The summed E-state index contributed by atoms with van der Waals surface area (Å²) in [5.41, 5.74) is 4.69. The molecule has 0 radical (unpaired) electrons. The number of fused-ring (bicyclic) bond motifs is 2. The number of halogens is 2. The molecule has 0 atom stereocenters. The van der Waals surface area contributed by atoms with Crippen LogP contribution in [-0.4, -0.2) is 42.0 Å². The fourth-order valence-electron chi connectivity index (χ4n) is 3.76. The fraction of sp³-hybridized carbons (Fsp3) is 0.261. The second-order valence-electron chi connectivity index (χ2n) is 7.64. The van der Waals surface area contributed by atoms with E-state index >= 15 is 0 Å². The standard InChI is InChI=1S/C23H21Br2N3O3/c1-13-9-16(24)22(17(25)10-13)27-20(29)12-31-23(30)21-14-5-3-4-6-18(14)26-19-7-8-28(2)11-15(19)21/h3-6,9-10H,7-8,11-12H2,1-2H3,(H,27,29). The molecule has 2 aromatic carbocycles. The molecule has 0 saturated carbocycles. The molecule has 1 N–H and O–H groups in total. The first-order valence-corrected chi connectivity index (χ1v) is 11.4. The third-order valence-corrected chi connectivity index (χ3v) is 6.48. The molecule has 1 aromatic heterocycles. The highest BCUT2D eigenvalue weighted by molar-refractivity contribution is 9.11. The van der Waals surface area contributed by atoms with Gasteiger partial charge in [0, 0.05) is 45.1 Å². The molecule has 1 aliphatic heterocycles. The van der Waals surface area contributed by atoms with Gasteiger partial charge in [0.05, 0.1) is 16.8 Å². The molecule has 8 heteroatoms. The van der Waals surface area contributed by atoms with Gasteiger partial charge in [0.1, 0.15) is 0 Å². The average molecular weight is 547 g/mol. The number of aromatic nitrogens is 1. The molecule has 4 rings (SSSR count). The van der Waals surface area contributed by atoms with Crippen LogP contribution in [0.1, 0.15) is 27.2 Å². The predicted octanol–water partition coefficient (Wildman–Crippen LogP) is 4.85. The third kappa shape index (κ3) is 4.66. The zero-order chi connectivity index (χ0) is 22.1. The van der Waals surface area contributed by atoms with Gasteiger partial charge in [0.25, 0.3) is 5.91 Å². The minimum Gasteiger partial charge on any atom is -0.452 e. The maximum atomic E-state index is 13.1. The van der Waals surface area contributed by atoms with Gasteiger partial charge in [-0.05, 0) is 69.6 Å². The van der Waals surface area contributed by atoms with Crippen LogP contribution in [0.4, 0.5) is 5.69 Å². The summed E-state index contributed by atoms with van der Waals surface area (Å²) in [4.78, 5) is 32.5. The van der Waals surface area contributed by atoms with Crippen LogP contribution in [0.25, 0.3) is 10.9 Å². The Labute approximate surface area is 197 Å². The molecule has 0 saturated heterocycles. The molecule has 31 heavy (non-hydrogen) atoms. The molecule has 2 heterocycles. The number of para-hydroxylation sites is 1. The van der Waals surface area contributed by atoms with Crippen molar-refractivity contribution in [3.05, 3.63) is 67.7 Å². The molecule has 1 aliphatic rings. The van der Waals surface area contributed by atoms with Crippen LogP contribution in [-0.2, 0) is 22.5 Å². The molecule has 3 aromatic rings. The number of rotatable bonds is 4. The van der Waals surface area contributed by atoms with E-state index < -0.39 is 11.9 Å². The number of hydrogen-bond acceptors (Lipinski definition) is 5. The van der Waals surface area contributed by atoms with Crippen LogP contribution in [0.5, 0.6) is 0 Å². The van der Waals surface area contributed by atoms with E-state index in [4.69, 9.17) is 9.72 Å². The highest BCUT2D eigenvalue weighted by atomic mass is 79.9. The lowest BCUT2D eigenvalue weighted by Crippen LogP contribution is -2.30. The third-order valence-electron chi connectivity index (χ3n) is 5.23. The zero-order valence-corrected chi connectivity index (χ0v) is 20.3. The number of esters is 1. The van der Waals surface area contributed by atoms with Crippen LogP contribution in [0.3, 0.4) is 0 Å². The molecule has 160 valence electrons. The smallest absolute Gasteiger partial charge is 0.339 e. The molecule has 0 unspecified atom stereocenters. The normalized spacial score (nSPS) is 13.7. The highest BCUT2D eigenvalue weighted by Crippen LogP contribution is 2.32. The van der Waals surface area contributed by atoms with Gasteiger partial charge >= 0.3 is 5.97 Å². The Balaban J connectivity index is 1.57. The minimum absolute atomic E-state index is 0.382. The van der Waals surface area contributed by atoms with Crippen LogP contribution < -0.4 is 5.32 Å². The van der Waals surface area contributed by atoms with Crippen molar-refractivity contribution in [3.63, 3.8) is 0 Å². The largest absolute Gasteiger partial charge is 0.452 e. The molecule has 0 fully saturated rings. The zero-order valence-electron chi connectivity index (χ0n) is 17.2. The van der Waals surface area contributed by atoms with E-state index in [9.17, 15) is 9.59 Å². The first-order chi connectivity index (χ1) is 14.8. The van der Waals surface area contributed by atoms with E-state index in [1.165, 1.54) is 0 Å². The van der Waals surface area contributed by atoms with Crippen LogP contribution >= 0.6 is 31.9 Å². The summed E-state index contributed by atoms with van der Waals surface area (Å²) in [7, 11) is 2.01. The number of ether oxygens (including phenoxy) is 1. The van der Waals surface area contributed by atoms with E-state index in [0.717, 1.165) is 49.6 Å². The van der Waals surface area contributed by atoms with E-state index in [1.54, 1.807) is 0 Å². The summed E-state index contributed by atoms with van der Waals surface area (Å²) in [5.74, 6) is -0.926. The summed E-state index contributed by atoms with van der Waals surface area (Å²) in [5, 5.41) is 3.53. The summed E-state index contributed by atoms with van der Waals surface area (Å²) >= 11 is 6.91. The van der Waals surface area contributed by atoms with Gasteiger partial charge in [-0.25, -0.2) is 4.79 Å². The van der Waals surface area contributed by atoms with Crippen molar-refractivity contribution in [1.82, 2.24) is 9.88 Å². The second kappa shape index (κ2) is 9.06. The van der Waals surface area contributed by atoms with Crippen molar-refractivity contribution in [1.29, 1.82) is 0 Å². The van der Waals surface area contributed by atoms with Crippen molar-refractivity contribution in [2.45, 2.75) is 19.9 Å². The lowest BCUT2D eigenvalue weighted by atomic mass is 9.96. The van der Waals surface area contributed by atoms with E-state index in [-0.39, 0.29) is 6.61 Å². The van der Waals surface area contributed by atoms with Crippen molar-refractivity contribution >= 4 is 60.3 Å². The van der Waals surface area contributed by atoms with Gasteiger partial charge in [0.15, 0.2) is 6.61 Å². The first kappa shape index (κ1) is 21.9. The van der Waals surface area contributed by atoms with Gasteiger partial charge in [-0.2, -0.15) is 0 Å². The Hall–Kier alpha value is -2.29. The Kier molecular flexibility index (Phi) is 6.41. The minimum atomic E-state index is -0.512. The van der Waals surface area contributed by atoms with Crippen molar-refractivity contribution < 1.29 is 14.3 Å². The molecule has 0 bridgehead atoms. The van der Waals surface area contributed by atoms with Crippen molar-refractivity contribution in [3.8, 4) is 0 Å². The molecule has 0 spiro atoms. The molecule has 6 nitrogen and oxygen atoms in total. The SMILES string of the molecule is Cc1cc(Br)c(NC(=O)COC(=O)c2c3c(nc4ccccc24)CCN(C)C3)c(Br)c1. The van der Waals surface area contributed by atoms with Gasteiger partial charge in [0.2, 0.25) is 0 Å². The average Bonchev–Trinajstić information content (AvgIpc) is 2.73. The monoisotopic (exact) mass is 545 g/mol. The quantitative estimate of drug-likeness (QED) is 0.473. The summed E-state index contributed by atoms with van der Waals surface area (Å²) in [6, 6.07) is 11.3.